The second-order valence-corrected chi connectivity index (χ2v) is 7.60. The van der Waals surface area contributed by atoms with E-state index >= 15 is 0 Å². The first-order chi connectivity index (χ1) is 14.2. The van der Waals surface area contributed by atoms with E-state index in [-0.39, 0.29) is 30.1 Å². The van der Waals surface area contributed by atoms with Gasteiger partial charge < -0.3 is 14.8 Å². The van der Waals surface area contributed by atoms with Gasteiger partial charge in [-0.05, 0) is 30.3 Å². The predicted molar refractivity (Wildman–Crippen MR) is 104 cm³/mol. The van der Waals surface area contributed by atoms with Crippen LogP contribution in [0.2, 0.25) is 0 Å². The Morgan fingerprint density at radius 2 is 2.03 bits per heavy atom. The Hall–Kier alpha value is -2.98. The fourth-order valence-corrected chi connectivity index (χ4v) is 3.83. The Morgan fingerprint density at radius 1 is 1.37 bits per heavy atom. The van der Waals surface area contributed by atoms with Crippen LogP contribution in [0.5, 0.6) is 0 Å². The largest absolute Gasteiger partial charge is 0.467 e. The molecule has 1 saturated carbocycles. The number of rotatable bonds is 7. The molecular formula is C19H20ClN3O7. The lowest BCUT2D eigenvalue weighted by atomic mass is 10.1. The molecule has 1 N–H and O–H groups in total. The second-order valence-electron chi connectivity index (χ2n) is 7.16. The molecule has 3 rings (SSSR count). The summed E-state index contributed by atoms with van der Waals surface area (Å²) in [6, 6.07) is 4.18. The molecule has 10 nitrogen and oxygen atoms in total. The van der Waals surface area contributed by atoms with Gasteiger partial charge in [-0.3, -0.25) is 14.9 Å². The summed E-state index contributed by atoms with van der Waals surface area (Å²) in [6.45, 7) is 3.76. The molecule has 4 atom stereocenters. The molecule has 0 bridgehead atoms. The molecule has 11 heteroatoms. The number of halogens is 1. The third-order valence-electron chi connectivity index (χ3n) is 5.29. The molecule has 0 spiro atoms. The van der Waals surface area contributed by atoms with E-state index < -0.39 is 40.5 Å². The van der Waals surface area contributed by atoms with Gasteiger partial charge in [0.25, 0.3) is 5.69 Å². The highest BCUT2D eigenvalue weighted by atomic mass is 35.5. The molecule has 1 unspecified atom stereocenters. The van der Waals surface area contributed by atoms with Gasteiger partial charge in [-0.25, -0.2) is 14.0 Å². The first-order valence-electron chi connectivity index (χ1n) is 9.12. The second kappa shape index (κ2) is 8.41. The summed E-state index contributed by atoms with van der Waals surface area (Å²) in [7, 11) is 1.24. The molecule has 1 saturated heterocycles. The zero-order valence-corrected chi connectivity index (χ0v) is 16.8. The van der Waals surface area contributed by atoms with Crippen molar-refractivity contribution in [3.63, 3.8) is 0 Å². The van der Waals surface area contributed by atoms with E-state index in [1.54, 1.807) is 6.08 Å². The first kappa shape index (κ1) is 21.7. The van der Waals surface area contributed by atoms with Crippen molar-refractivity contribution < 1.29 is 28.8 Å². The lowest BCUT2D eigenvalue weighted by Gasteiger charge is -2.21. The molecule has 1 amide bonds. The minimum Gasteiger partial charge on any atom is -0.467 e. The van der Waals surface area contributed by atoms with Crippen LogP contribution in [0, 0.1) is 16.0 Å². The Bertz CT molecular complexity index is 891. The van der Waals surface area contributed by atoms with Gasteiger partial charge in [-0.15, -0.1) is 6.58 Å². The number of nitro benzene ring substituents is 1. The maximum atomic E-state index is 12.7. The van der Waals surface area contributed by atoms with Gasteiger partial charge in [0, 0.05) is 24.5 Å². The van der Waals surface area contributed by atoms with Crippen molar-refractivity contribution in [1.29, 1.82) is 0 Å². The third kappa shape index (κ3) is 4.14. The van der Waals surface area contributed by atoms with Crippen molar-refractivity contribution >= 4 is 35.3 Å². The number of carbonyl (C=O) groups is 3. The van der Waals surface area contributed by atoms with E-state index in [1.165, 1.54) is 35.8 Å². The Balaban J connectivity index is 1.60. The zero-order valence-electron chi connectivity index (χ0n) is 16.1. The Labute approximate surface area is 177 Å². The molecule has 160 valence electrons. The van der Waals surface area contributed by atoms with Gasteiger partial charge in [-0.2, -0.15) is 0 Å². The fraction of sp³-hybridized carbons (Fsp3) is 0.421. The van der Waals surface area contributed by atoms with Crippen molar-refractivity contribution in [2.45, 2.75) is 30.5 Å². The highest BCUT2D eigenvalue weighted by Gasteiger charge is 2.61. The van der Waals surface area contributed by atoms with Crippen LogP contribution in [0.15, 0.2) is 36.9 Å². The average Bonchev–Trinajstić information content (AvgIpc) is 3.32. The smallest absolute Gasteiger partial charge is 0.338 e. The number of nitrogens with one attached hydrogen (secondary N) is 1. The van der Waals surface area contributed by atoms with Gasteiger partial charge >= 0.3 is 11.9 Å². The molecule has 2 aliphatic rings. The van der Waals surface area contributed by atoms with E-state index in [0.29, 0.717) is 6.42 Å². The van der Waals surface area contributed by atoms with Crippen LogP contribution in [0.3, 0.4) is 0 Å². The van der Waals surface area contributed by atoms with Crippen LogP contribution in [-0.2, 0) is 19.1 Å². The molecule has 0 radical (unpaired) electrons. The van der Waals surface area contributed by atoms with Crippen LogP contribution < -0.4 is 5.32 Å². The minimum absolute atomic E-state index is 0.106. The number of hydrogen-bond acceptors (Lipinski definition) is 8. The Morgan fingerprint density at radius 3 is 2.57 bits per heavy atom. The van der Waals surface area contributed by atoms with Gasteiger partial charge in [0.1, 0.15) is 17.7 Å². The van der Waals surface area contributed by atoms with Crippen molar-refractivity contribution in [2.75, 3.05) is 13.7 Å². The summed E-state index contributed by atoms with van der Waals surface area (Å²) >= 11 is 6.16. The number of hydrogen-bond donors (Lipinski definition) is 1. The number of nitrogens with zero attached hydrogens (tertiary/aromatic N) is 2. The fourth-order valence-electron chi connectivity index (χ4n) is 3.51. The summed E-state index contributed by atoms with van der Waals surface area (Å²) in [4.78, 5) is 47.2. The Kier molecular flexibility index (Phi) is 6.09. The maximum absolute atomic E-state index is 12.7. The highest BCUT2D eigenvalue weighted by Crippen LogP contribution is 2.45. The molecule has 1 heterocycles. The van der Waals surface area contributed by atoms with Crippen molar-refractivity contribution in [3.8, 4) is 0 Å². The summed E-state index contributed by atoms with van der Waals surface area (Å²) in [5, 5.41) is 13.4. The van der Waals surface area contributed by atoms with Gasteiger partial charge in [0.15, 0.2) is 0 Å². The third-order valence-corrected chi connectivity index (χ3v) is 5.66. The average molecular weight is 438 g/mol. The molecule has 0 aromatic heterocycles. The number of methoxy groups -OCH3 is 1. The highest BCUT2D eigenvalue weighted by molar-refractivity contribution is 6.15. The first-order valence-corrected chi connectivity index (χ1v) is 9.46. The van der Waals surface area contributed by atoms with E-state index in [4.69, 9.17) is 21.3 Å². The van der Waals surface area contributed by atoms with E-state index in [9.17, 15) is 24.5 Å². The molecule has 1 aromatic rings. The van der Waals surface area contributed by atoms with E-state index in [2.05, 4.69) is 11.9 Å². The van der Waals surface area contributed by atoms with E-state index in [1.807, 2.05) is 0 Å². The van der Waals surface area contributed by atoms with Crippen LogP contribution in [0.1, 0.15) is 23.2 Å². The summed E-state index contributed by atoms with van der Waals surface area (Å²) in [5.41, 5.74) is -1.14. The van der Waals surface area contributed by atoms with Crippen molar-refractivity contribution in [3.05, 3.63) is 52.6 Å². The molecule has 1 aliphatic heterocycles. The van der Waals surface area contributed by atoms with Crippen LogP contribution >= 0.6 is 11.8 Å². The summed E-state index contributed by atoms with van der Waals surface area (Å²) in [5.74, 6) is -1.94. The number of esters is 2. The summed E-state index contributed by atoms with van der Waals surface area (Å²) < 4.78 is 11.4. The topological polar surface area (TPSA) is 128 Å². The van der Waals surface area contributed by atoms with Crippen molar-refractivity contribution in [2.24, 2.45) is 5.92 Å². The van der Waals surface area contributed by atoms with Gasteiger partial charge in [-0.1, -0.05) is 6.08 Å². The number of carbonyl (C=O) groups excluding carboxylic acids is 3. The number of nitro groups is 1. The van der Waals surface area contributed by atoms with Crippen LogP contribution in [0.4, 0.5) is 5.69 Å². The van der Waals surface area contributed by atoms with Gasteiger partial charge in [0.2, 0.25) is 5.91 Å². The molecule has 1 aromatic carbocycles. The lowest BCUT2D eigenvalue weighted by Crippen LogP contribution is -2.51. The standard InChI is InChI=1S/C19H20ClN3O7/c1-3-12-9-19(12,18(26)29-2)21-16(24)15-8-14(10-22(15)20)30-17(25)11-4-6-13(7-5-11)23(27)28/h3-7,12,14-15H,1,8-10H2,2H3,(H,21,24)/t12-,14?,15+,19-/m1/s1. The number of ether oxygens (including phenoxy) is 2. The SMILES string of the molecule is C=C[C@@H]1C[C@]1(NC(=O)[C@@H]1CC(OC(=O)c2ccc([N+](=O)[O-])cc2)CN1Cl)C(=O)OC. The number of amides is 1. The number of benzene rings is 1. The molecule has 2 fully saturated rings. The summed E-state index contributed by atoms with van der Waals surface area (Å²) in [6.07, 6.45) is 1.44. The predicted octanol–water partition coefficient (Wildman–Crippen LogP) is 1.58. The molecule has 30 heavy (non-hydrogen) atoms. The lowest BCUT2D eigenvalue weighted by molar-refractivity contribution is -0.384. The molecular weight excluding hydrogens is 418 g/mol. The normalized spacial score (nSPS) is 27.7. The van der Waals surface area contributed by atoms with Gasteiger partial charge in [0.05, 0.1) is 24.1 Å². The quantitative estimate of drug-likeness (QED) is 0.224. The van der Waals surface area contributed by atoms with Crippen LogP contribution in [0.25, 0.3) is 0 Å². The number of non-ortho nitro benzene ring substituents is 1. The van der Waals surface area contributed by atoms with Crippen molar-refractivity contribution in [1.82, 2.24) is 9.74 Å². The molecule has 1 aliphatic carbocycles. The zero-order chi connectivity index (χ0) is 22.1. The maximum Gasteiger partial charge on any atom is 0.338 e. The van der Waals surface area contributed by atoms with E-state index in [0.717, 1.165) is 0 Å². The van der Waals surface area contributed by atoms with Crippen LogP contribution in [-0.4, -0.2) is 58.5 Å². The monoisotopic (exact) mass is 437 g/mol. The minimum atomic E-state index is -1.14.